The lowest BCUT2D eigenvalue weighted by Crippen LogP contribution is -2.16. The number of H-pyrrole nitrogens is 1. The van der Waals surface area contributed by atoms with Gasteiger partial charge in [0.1, 0.15) is 5.82 Å². The standard InChI is InChI=1S/C19H20ClFN2O2S/c1-23(2)10-9-16-17-11-14(21)5-8-18(17)22-19(16)12-26(24,25)15-6-3-13(20)4-7-15/h3-8,11,22H,9-10,12H2,1-2H3. The summed E-state index contributed by atoms with van der Waals surface area (Å²) in [6.07, 6.45) is 0.627. The molecule has 0 unspecified atom stereocenters. The van der Waals surface area contributed by atoms with E-state index in [-0.39, 0.29) is 16.5 Å². The first-order chi connectivity index (χ1) is 12.3. The van der Waals surface area contributed by atoms with E-state index < -0.39 is 9.84 Å². The zero-order valence-electron chi connectivity index (χ0n) is 14.6. The van der Waals surface area contributed by atoms with E-state index in [1.165, 1.54) is 24.3 Å². The third-order valence-corrected chi connectivity index (χ3v) is 6.18. The van der Waals surface area contributed by atoms with Gasteiger partial charge in [0.25, 0.3) is 0 Å². The van der Waals surface area contributed by atoms with Gasteiger partial charge in [0.15, 0.2) is 9.84 Å². The van der Waals surface area contributed by atoms with Crippen molar-refractivity contribution in [3.63, 3.8) is 0 Å². The zero-order chi connectivity index (χ0) is 18.9. The summed E-state index contributed by atoms with van der Waals surface area (Å²) in [5.41, 5.74) is 2.18. The van der Waals surface area contributed by atoms with Gasteiger partial charge in [-0.25, -0.2) is 12.8 Å². The van der Waals surface area contributed by atoms with Gasteiger partial charge in [0.05, 0.1) is 10.6 Å². The van der Waals surface area contributed by atoms with Crippen LogP contribution in [0.25, 0.3) is 10.9 Å². The van der Waals surface area contributed by atoms with Crippen LogP contribution in [0.1, 0.15) is 11.3 Å². The fourth-order valence-electron chi connectivity index (χ4n) is 2.94. The number of sulfone groups is 1. The Hall–Kier alpha value is -1.89. The van der Waals surface area contributed by atoms with Crippen molar-refractivity contribution in [2.45, 2.75) is 17.1 Å². The number of hydrogen-bond donors (Lipinski definition) is 1. The van der Waals surface area contributed by atoms with Gasteiger partial charge in [0, 0.05) is 28.2 Å². The third-order valence-electron chi connectivity index (χ3n) is 4.27. The third kappa shape index (κ3) is 4.09. The molecule has 0 atom stereocenters. The van der Waals surface area contributed by atoms with E-state index in [1.807, 2.05) is 19.0 Å². The van der Waals surface area contributed by atoms with Crippen LogP contribution in [-0.2, 0) is 22.0 Å². The lowest BCUT2D eigenvalue weighted by atomic mass is 10.1. The summed E-state index contributed by atoms with van der Waals surface area (Å²) in [5.74, 6) is -0.511. The largest absolute Gasteiger partial charge is 0.357 e. The molecule has 3 rings (SSSR count). The van der Waals surface area contributed by atoms with Crippen LogP contribution in [0.5, 0.6) is 0 Å². The summed E-state index contributed by atoms with van der Waals surface area (Å²) in [7, 11) is 0.342. The summed E-state index contributed by atoms with van der Waals surface area (Å²) in [6, 6.07) is 10.6. The van der Waals surface area contributed by atoms with Crippen LogP contribution in [0.3, 0.4) is 0 Å². The molecule has 0 amide bonds. The molecule has 0 aliphatic carbocycles. The molecule has 0 fully saturated rings. The van der Waals surface area contributed by atoms with Crippen molar-refractivity contribution < 1.29 is 12.8 Å². The minimum Gasteiger partial charge on any atom is -0.357 e. The molecule has 0 spiro atoms. The Bertz CT molecular complexity index is 1030. The lowest BCUT2D eigenvalue weighted by Gasteiger charge is -2.11. The van der Waals surface area contributed by atoms with Crippen molar-refractivity contribution in [1.29, 1.82) is 0 Å². The van der Waals surface area contributed by atoms with Crippen LogP contribution in [0, 0.1) is 5.82 Å². The van der Waals surface area contributed by atoms with E-state index in [2.05, 4.69) is 4.98 Å². The number of nitrogens with zero attached hydrogens (tertiary/aromatic N) is 1. The summed E-state index contributed by atoms with van der Waals surface area (Å²) in [5, 5.41) is 1.21. The second-order valence-electron chi connectivity index (χ2n) is 6.54. The van der Waals surface area contributed by atoms with E-state index in [9.17, 15) is 12.8 Å². The first-order valence-corrected chi connectivity index (χ1v) is 10.2. The number of rotatable bonds is 6. The highest BCUT2D eigenvalue weighted by atomic mass is 35.5. The summed E-state index contributed by atoms with van der Waals surface area (Å²) < 4.78 is 39.3. The Morgan fingerprint density at radius 3 is 2.46 bits per heavy atom. The molecule has 1 N–H and O–H groups in total. The Balaban J connectivity index is 2.03. The zero-order valence-corrected chi connectivity index (χ0v) is 16.2. The second-order valence-corrected chi connectivity index (χ2v) is 8.96. The van der Waals surface area contributed by atoms with Crippen molar-refractivity contribution in [1.82, 2.24) is 9.88 Å². The maximum absolute atomic E-state index is 13.7. The maximum atomic E-state index is 13.7. The lowest BCUT2D eigenvalue weighted by molar-refractivity contribution is 0.414. The van der Waals surface area contributed by atoms with Gasteiger partial charge in [-0.1, -0.05) is 11.6 Å². The van der Waals surface area contributed by atoms with E-state index in [0.717, 1.165) is 23.0 Å². The van der Waals surface area contributed by atoms with Crippen molar-refractivity contribution in [3.05, 3.63) is 64.6 Å². The molecule has 4 nitrogen and oxygen atoms in total. The van der Waals surface area contributed by atoms with E-state index in [1.54, 1.807) is 18.2 Å². The average Bonchev–Trinajstić information content (AvgIpc) is 2.89. The van der Waals surface area contributed by atoms with Gasteiger partial charge in [-0.05, 0) is 68.5 Å². The minimum absolute atomic E-state index is 0.173. The highest BCUT2D eigenvalue weighted by molar-refractivity contribution is 7.90. The first kappa shape index (κ1) is 18.9. The summed E-state index contributed by atoms with van der Waals surface area (Å²) in [6.45, 7) is 0.734. The molecule has 0 aliphatic rings. The summed E-state index contributed by atoms with van der Waals surface area (Å²) in [4.78, 5) is 5.38. The molecule has 26 heavy (non-hydrogen) atoms. The normalized spacial score (nSPS) is 12.2. The first-order valence-electron chi connectivity index (χ1n) is 8.18. The van der Waals surface area contributed by atoms with Gasteiger partial charge in [-0.15, -0.1) is 0 Å². The molecule has 2 aromatic carbocycles. The van der Waals surface area contributed by atoms with Crippen LogP contribution in [0.4, 0.5) is 4.39 Å². The Morgan fingerprint density at radius 1 is 1.12 bits per heavy atom. The topological polar surface area (TPSA) is 53.2 Å². The van der Waals surface area contributed by atoms with E-state index in [4.69, 9.17) is 11.6 Å². The molecular formula is C19H20ClFN2O2S. The molecule has 138 valence electrons. The number of aromatic amines is 1. The van der Waals surface area contributed by atoms with E-state index >= 15 is 0 Å². The number of likely N-dealkylation sites (N-methyl/N-ethyl adjacent to an activating group) is 1. The van der Waals surface area contributed by atoms with Crippen molar-refractivity contribution in [2.24, 2.45) is 0 Å². The van der Waals surface area contributed by atoms with Crippen LogP contribution >= 0.6 is 11.6 Å². The summed E-state index contributed by atoms with van der Waals surface area (Å²) >= 11 is 5.85. The molecule has 7 heteroatoms. The van der Waals surface area contributed by atoms with Crippen LogP contribution < -0.4 is 0 Å². The smallest absolute Gasteiger partial charge is 0.183 e. The number of nitrogens with one attached hydrogen (secondary N) is 1. The number of benzene rings is 2. The molecule has 0 aliphatic heterocycles. The molecular weight excluding hydrogens is 375 g/mol. The maximum Gasteiger partial charge on any atom is 0.183 e. The quantitative estimate of drug-likeness (QED) is 0.686. The van der Waals surface area contributed by atoms with Gasteiger partial charge in [0.2, 0.25) is 0 Å². The number of fused-ring (bicyclic) bond motifs is 1. The van der Waals surface area contributed by atoms with Gasteiger partial charge < -0.3 is 9.88 Å². The molecule has 0 saturated heterocycles. The number of hydrogen-bond acceptors (Lipinski definition) is 3. The van der Waals surface area contributed by atoms with Gasteiger partial charge >= 0.3 is 0 Å². The average molecular weight is 395 g/mol. The Morgan fingerprint density at radius 2 is 1.81 bits per heavy atom. The van der Waals surface area contributed by atoms with Gasteiger partial charge in [-0.3, -0.25) is 0 Å². The highest BCUT2D eigenvalue weighted by Crippen LogP contribution is 2.27. The fourth-order valence-corrected chi connectivity index (χ4v) is 4.41. The second kappa shape index (κ2) is 7.39. The molecule has 0 bridgehead atoms. The number of aromatic nitrogens is 1. The predicted molar refractivity (Wildman–Crippen MR) is 103 cm³/mol. The van der Waals surface area contributed by atoms with Gasteiger partial charge in [-0.2, -0.15) is 0 Å². The minimum atomic E-state index is -3.55. The molecule has 3 aromatic rings. The Kier molecular flexibility index (Phi) is 5.37. The highest BCUT2D eigenvalue weighted by Gasteiger charge is 2.21. The fraction of sp³-hybridized carbons (Fsp3) is 0.263. The monoisotopic (exact) mass is 394 g/mol. The van der Waals surface area contributed by atoms with Crippen LogP contribution in [0.2, 0.25) is 5.02 Å². The van der Waals surface area contributed by atoms with Crippen molar-refractivity contribution >= 4 is 32.3 Å². The molecule has 0 radical (unpaired) electrons. The SMILES string of the molecule is CN(C)CCc1c(CS(=O)(=O)c2ccc(Cl)cc2)[nH]c2ccc(F)cc12. The number of halogens is 2. The van der Waals surface area contributed by atoms with E-state index in [0.29, 0.717) is 17.1 Å². The molecule has 1 aromatic heterocycles. The van der Waals surface area contributed by atoms with Crippen molar-refractivity contribution in [2.75, 3.05) is 20.6 Å². The van der Waals surface area contributed by atoms with Crippen LogP contribution in [0.15, 0.2) is 47.4 Å². The van der Waals surface area contributed by atoms with Crippen molar-refractivity contribution in [3.8, 4) is 0 Å². The molecule has 0 saturated carbocycles. The Labute approximate surface area is 157 Å². The van der Waals surface area contributed by atoms with Crippen LogP contribution in [-0.4, -0.2) is 38.9 Å². The predicted octanol–water partition coefficient (Wildman–Crippen LogP) is 4.04. The molecule has 1 heterocycles.